The molecule has 11 heteroatoms. The topological polar surface area (TPSA) is 123 Å². The average molecular weight is 669 g/mol. The van der Waals surface area contributed by atoms with E-state index in [0.717, 1.165) is 16.0 Å². The Hall–Kier alpha value is -4.39. The van der Waals surface area contributed by atoms with Crippen molar-refractivity contribution in [3.05, 3.63) is 80.4 Å². The molecule has 0 atom stereocenters. The molecule has 2 N–H and O–H groups in total. The molecule has 10 nitrogen and oxygen atoms in total. The minimum atomic E-state index is -0.852. The van der Waals surface area contributed by atoms with E-state index in [4.69, 9.17) is 14.2 Å². The number of urea groups is 1. The number of barbiturate groups is 1. The van der Waals surface area contributed by atoms with Crippen LogP contribution < -0.4 is 29.7 Å². The number of nitrogens with one attached hydrogen (secondary N) is 2. The van der Waals surface area contributed by atoms with E-state index in [2.05, 4.69) is 10.6 Å². The average Bonchev–Trinajstić information content (AvgIpc) is 2.93. The van der Waals surface area contributed by atoms with E-state index in [1.807, 2.05) is 54.6 Å². The molecule has 1 saturated heterocycles. The molecule has 0 saturated carbocycles. The van der Waals surface area contributed by atoms with Gasteiger partial charge in [0.1, 0.15) is 11.3 Å². The fourth-order valence-electron chi connectivity index (χ4n) is 4.07. The van der Waals surface area contributed by atoms with E-state index in [0.29, 0.717) is 38.7 Å². The van der Waals surface area contributed by atoms with E-state index in [1.165, 1.54) is 13.2 Å². The van der Waals surface area contributed by atoms with Crippen LogP contribution in [0, 0.1) is 17.4 Å². The van der Waals surface area contributed by atoms with Gasteiger partial charge in [-0.2, -0.15) is 0 Å². The maximum atomic E-state index is 13.3. The molecule has 41 heavy (non-hydrogen) atoms. The molecule has 5 amide bonds. The second kappa shape index (κ2) is 12.9. The Morgan fingerprint density at radius 3 is 2.46 bits per heavy atom. The number of methoxy groups -OCH3 is 1. The number of anilines is 2. The van der Waals surface area contributed by atoms with Crippen LogP contribution in [0.5, 0.6) is 17.2 Å². The van der Waals surface area contributed by atoms with Crippen LogP contribution in [0.2, 0.25) is 0 Å². The first-order valence-electron chi connectivity index (χ1n) is 12.6. The van der Waals surface area contributed by atoms with Gasteiger partial charge in [-0.15, -0.1) is 0 Å². The first-order valence-corrected chi connectivity index (χ1v) is 13.7. The molecular formula is C30H28IN3O7. The molecular weight excluding hydrogens is 641 g/mol. The van der Waals surface area contributed by atoms with Crippen molar-refractivity contribution in [2.45, 2.75) is 20.8 Å². The number of imide groups is 2. The molecule has 1 aliphatic rings. The lowest BCUT2D eigenvalue weighted by Gasteiger charge is -2.26. The van der Waals surface area contributed by atoms with Crippen LogP contribution in [0.3, 0.4) is 0 Å². The number of ether oxygens (including phenoxy) is 3. The Morgan fingerprint density at radius 2 is 1.78 bits per heavy atom. The number of halogens is 1. The molecule has 3 aromatic carbocycles. The second-order valence-electron chi connectivity index (χ2n) is 9.00. The standard InChI is InChI=1S/C30H28IN3O7/c1-5-40-25-15-19(14-23(31)27(25)41-16-26(35)32-24-8-6-7-17(2)18(24)3)13-22-28(36)33-30(38)34(29(22)37)20-9-11-21(39-4)12-10-20/h6-15H,5,16H2,1-4H3,(H,32,35)(H,33,36,38)/b22-13+. The summed E-state index contributed by atoms with van der Waals surface area (Å²) in [5.74, 6) is -0.705. The summed E-state index contributed by atoms with van der Waals surface area (Å²) >= 11 is 2.03. The van der Waals surface area contributed by atoms with E-state index < -0.39 is 17.8 Å². The SMILES string of the molecule is CCOc1cc(/C=C2\C(=O)NC(=O)N(c3ccc(OC)cc3)C2=O)cc(I)c1OCC(=O)Nc1cccc(C)c1C. The number of rotatable bonds is 9. The summed E-state index contributed by atoms with van der Waals surface area (Å²) in [4.78, 5) is 52.0. The normalized spacial score (nSPS) is 14.1. The number of carbonyl (C=O) groups excluding carboxylic acids is 4. The maximum Gasteiger partial charge on any atom is 0.335 e. The Kier molecular flexibility index (Phi) is 9.28. The summed E-state index contributed by atoms with van der Waals surface area (Å²) in [6.07, 6.45) is 1.38. The highest BCUT2D eigenvalue weighted by atomic mass is 127. The van der Waals surface area contributed by atoms with Gasteiger partial charge in [0, 0.05) is 5.69 Å². The van der Waals surface area contributed by atoms with Crippen molar-refractivity contribution in [3.63, 3.8) is 0 Å². The first-order chi connectivity index (χ1) is 19.6. The van der Waals surface area contributed by atoms with Gasteiger partial charge in [0.25, 0.3) is 17.7 Å². The van der Waals surface area contributed by atoms with Crippen molar-refractivity contribution in [2.24, 2.45) is 0 Å². The van der Waals surface area contributed by atoms with Crippen LogP contribution in [0.1, 0.15) is 23.6 Å². The van der Waals surface area contributed by atoms with Gasteiger partial charge >= 0.3 is 6.03 Å². The van der Waals surface area contributed by atoms with Crippen molar-refractivity contribution in [1.29, 1.82) is 0 Å². The predicted octanol–water partition coefficient (Wildman–Crippen LogP) is 5.00. The lowest BCUT2D eigenvalue weighted by atomic mass is 10.1. The maximum absolute atomic E-state index is 13.3. The highest BCUT2D eigenvalue weighted by Gasteiger charge is 2.37. The third-order valence-electron chi connectivity index (χ3n) is 6.30. The quantitative estimate of drug-likeness (QED) is 0.187. The highest BCUT2D eigenvalue weighted by Crippen LogP contribution is 2.35. The lowest BCUT2D eigenvalue weighted by molar-refractivity contribution is -0.122. The molecule has 212 valence electrons. The van der Waals surface area contributed by atoms with Gasteiger partial charge in [0.15, 0.2) is 18.1 Å². The minimum Gasteiger partial charge on any atom is -0.497 e. The Bertz CT molecular complexity index is 1550. The van der Waals surface area contributed by atoms with Crippen molar-refractivity contribution in [1.82, 2.24) is 5.32 Å². The summed E-state index contributed by atoms with van der Waals surface area (Å²) in [5.41, 5.74) is 3.24. The van der Waals surface area contributed by atoms with Gasteiger partial charge in [0.05, 0.1) is 23.0 Å². The number of aryl methyl sites for hydroxylation is 1. The zero-order chi connectivity index (χ0) is 29.7. The largest absolute Gasteiger partial charge is 0.497 e. The van der Waals surface area contributed by atoms with Crippen LogP contribution in [0.4, 0.5) is 16.2 Å². The molecule has 0 spiro atoms. The number of carbonyl (C=O) groups is 4. The van der Waals surface area contributed by atoms with Crippen LogP contribution >= 0.6 is 22.6 Å². The van der Waals surface area contributed by atoms with Crippen LogP contribution in [0.15, 0.2) is 60.2 Å². The highest BCUT2D eigenvalue weighted by molar-refractivity contribution is 14.1. The first kappa shape index (κ1) is 29.6. The van der Waals surface area contributed by atoms with E-state index in [-0.39, 0.29) is 23.8 Å². The zero-order valence-corrected chi connectivity index (χ0v) is 25.0. The molecule has 3 aromatic rings. The van der Waals surface area contributed by atoms with Crippen LogP contribution in [-0.4, -0.2) is 44.1 Å². The number of hydrogen-bond donors (Lipinski definition) is 2. The summed E-state index contributed by atoms with van der Waals surface area (Å²) in [5, 5.41) is 5.07. The van der Waals surface area contributed by atoms with Gasteiger partial charge in [-0.25, -0.2) is 9.69 Å². The number of hydrogen-bond acceptors (Lipinski definition) is 7. The van der Waals surface area contributed by atoms with Crippen LogP contribution in [-0.2, 0) is 14.4 Å². The van der Waals surface area contributed by atoms with Gasteiger partial charge < -0.3 is 19.5 Å². The van der Waals surface area contributed by atoms with E-state index >= 15 is 0 Å². The summed E-state index contributed by atoms with van der Waals surface area (Å²) < 4.78 is 17.3. The predicted molar refractivity (Wildman–Crippen MR) is 162 cm³/mol. The molecule has 0 radical (unpaired) electrons. The second-order valence-corrected chi connectivity index (χ2v) is 10.2. The third-order valence-corrected chi connectivity index (χ3v) is 7.10. The molecule has 0 aliphatic carbocycles. The Balaban J connectivity index is 1.58. The molecule has 4 rings (SSSR count). The molecule has 1 aliphatic heterocycles. The molecule has 0 aromatic heterocycles. The van der Waals surface area contributed by atoms with Gasteiger partial charge in [-0.05, 0) is 109 Å². The van der Waals surface area contributed by atoms with Crippen molar-refractivity contribution in [3.8, 4) is 17.2 Å². The number of benzene rings is 3. The van der Waals surface area contributed by atoms with Gasteiger partial charge in [-0.1, -0.05) is 12.1 Å². The lowest BCUT2D eigenvalue weighted by Crippen LogP contribution is -2.54. The monoisotopic (exact) mass is 669 g/mol. The fourth-order valence-corrected chi connectivity index (χ4v) is 4.86. The smallest absolute Gasteiger partial charge is 0.335 e. The summed E-state index contributed by atoms with van der Waals surface area (Å²) in [6, 6.07) is 14.4. The minimum absolute atomic E-state index is 0.236. The van der Waals surface area contributed by atoms with E-state index in [1.54, 1.807) is 43.3 Å². The van der Waals surface area contributed by atoms with Gasteiger partial charge in [0.2, 0.25) is 0 Å². The number of amides is 5. The Morgan fingerprint density at radius 1 is 1.05 bits per heavy atom. The van der Waals surface area contributed by atoms with Crippen molar-refractivity contribution >= 4 is 63.8 Å². The van der Waals surface area contributed by atoms with Gasteiger partial charge in [-0.3, -0.25) is 19.7 Å². The summed E-state index contributed by atoms with van der Waals surface area (Å²) in [6.45, 7) is 5.74. The van der Waals surface area contributed by atoms with Crippen LogP contribution in [0.25, 0.3) is 6.08 Å². The number of nitrogens with zero attached hydrogens (tertiary/aromatic N) is 1. The van der Waals surface area contributed by atoms with Crippen molar-refractivity contribution < 1.29 is 33.4 Å². The molecule has 1 fully saturated rings. The Labute approximate surface area is 250 Å². The molecule has 1 heterocycles. The molecule has 0 bridgehead atoms. The summed E-state index contributed by atoms with van der Waals surface area (Å²) in [7, 11) is 1.50. The van der Waals surface area contributed by atoms with E-state index in [9.17, 15) is 19.2 Å². The van der Waals surface area contributed by atoms with Crippen molar-refractivity contribution in [2.75, 3.05) is 30.5 Å². The molecule has 0 unspecified atom stereocenters. The zero-order valence-electron chi connectivity index (χ0n) is 22.9. The third kappa shape index (κ3) is 6.68. The fraction of sp³-hybridized carbons (Fsp3) is 0.200.